The monoisotopic (exact) mass is 311 g/mol. The molecule has 1 fully saturated rings. The van der Waals surface area contributed by atoms with Crippen molar-refractivity contribution in [3.8, 4) is 0 Å². The van der Waals surface area contributed by atoms with Crippen molar-refractivity contribution < 1.29 is 18.1 Å². The first-order valence-electron chi connectivity index (χ1n) is 6.16. The zero-order chi connectivity index (χ0) is 15.5. The molecule has 0 radical (unpaired) electrons. The lowest BCUT2D eigenvalue weighted by Crippen LogP contribution is -2.27. The minimum Gasteiger partial charge on any atom is -0.273 e. The zero-order valence-corrected chi connectivity index (χ0v) is 11.7. The summed E-state index contributed by atoms with van der Waals surface area (Å²) in [6, 6.07) is 5.96. The first-order chi connectivity index (χ1) is 9.89. The van der Waals surface area contributed by atoms with Gasteiger partial charge in [0.05, 0.1) is 34.1 Å². The van der Waals surface area contributed by atoms with Crippen LogP contribution in [-0.4, -0.2) is 37.0 Å². The maximum absolute atomic E-state index is 11.7. The van der Waals surface area contributed by atoms with E-state index in [1.165, 1.54) is 24.4 Å². The molecule has 2 rings (SSSR count). The van der Waals surface area contributed by atoms with Gasteiger partial charge in [-0.15, -0.1) is 0 Å². The minimum absolute atomic E-state index is 0.00103. The summed E-state index contributed by atoms with van der Waals surface area (Å²) in [6.07, 6.45) is 1.44. The van der Waals surface area contributed by atoms with Crippen LogP contribution in [-0.2, 0) is 14.6 Å². The summed E-state index contributed by atoms with van der Waals surface area (Å²) in [5.74, 6) is -1.29. The first-order valence-corrected chi connectivity index (χ1v) is 7.98. The molecule has 0 aliphatic carbocycles. The summed E-state index contributed by atoms with van der Waals surface area (Å²) < 4.78 is 22.5. The van der Waals surface area contributed by atoms with E-state index in [9.17, 15) is 23.3 Å². The quantitative estimate of drug-likeness (QED) is 0.493. The van der Waals surface area contributed by atoms with Crippen molar-refractivity contribution in [2.24, 2.45) is 11.0 Å². The average molecular weight is 311 g/mol. The van der Waals surface area contributed by atoms with E-state index in [0.29, 0.717) is 0 Å². The highest BCUT2D eigenvalue weighted by Crippen LogP contribution is 2.18. The standard InChI is InChI=1S/C12H13N3O5S/c16-12(10-5-6-21(19,20)8-10)14-13-7-9-3-1-2-4-11(9)15(17)18/h1-4,7,10H,5-6,8H2,(H,14,16)/b13-7-/t10-/m1/s1. The molecule has 1 heterocycles. The second-order valence-corrected chi connectivity index (χ2v) is 6.88. The molecule has 1 aromatic rings. The van der Waals surface area contributed by atoms with Crippen LogP contribution in [0.2, 0.25) is 0 Å². The van der Waals surface area contributed by atoms with Crippen LogP contribution < -0.4 is 5.43 Å². The molecule has 1 aliphatic heterocycles. The fourth-order valence-electron chi connectivity index (χ4n) is 2.02. The van der Waals surface area contributed by atoms with Crippen LogP contribution in [0.5, 0.6) is 0 Å². The van der Waals surface area contributed by atoms with Gasteiger partial charge in [0.25, 0.3) is 5.69 Å². The fourth-order valence-corrected chi connectivity index (χ4v) is 3.76. The molecule has 1 atom stereocenters. The SMILES string of the molecule is O=C(N/N=C\c1ccccc1[N+](=O)[O-])[C@@H]1CCS(=O)(=O)C1. The van der Waals surface area contributed by atoms with Gasteiger partial charge in [0.15, 0.2) is 9.84 Å². The highest BCUT2D eigenvalue weighted by Gasteiger charge is 2.32. The largest absolute Gasteiger partial charge is 0.278 e. The van der Waals surface area contributed by atoms with Gasteiger partial charge in [0.2, 0.25) is 5.91 Å². The third-order valence-corrected chi connectivity index (χ3v) is 4.88. The molecule has 0 saturated carbocycles. The van der Waals surface area contributed by atoms with Crippen LogP contribution in [0.1, 0.15) is 12.0 Å². The highest BCUT2D eigenvalue weighted by atomic mass is 32.2. The molecule has 1 N–H and O–H groups in total. The molecule has 0 spiro atoms. The lowest BCUT2D eigenvalue weighted by molar-refractivity contribution is -0.385. The number of hydrogen-bond acceptors (Lipinski definition) is 6. The number of carbonyl (C=O) groups is 1. The number of nitro groups is 1. The lowest BCUT2D eigenvalue weighted by Gasteiger charge is -2.04. The van der Waals surface area contributed by atoms with E-state index in [0.717, 1.165) is 0 Å². The van der Waals surface area contributed by atoms with Gasteiger partial charge >= 0.3 is 0 Å². The number of hydrazone groups is 1. The number of sulfone groups is 1. The van der Waals surface area contributed by atoms with E-state index in [1.54, 1.807) is 6.07 Å². The van der Waals surface area contributed by atoms with Gasteiger partial charge in [0, 0.05) is 6.07 Å². The summed E-state index contributed by atoms with van der Waals surface area (Å²) in [5.41, 5.74) is 2.35. The van der Waals surface area contributed by atoms with Gasteiger partial charge in [-0.05, 0) is 12.5 Å². The van der Waals surface area contributed by atoms with Crippen molar-refractivity contribution in [1.82, 2.24) is 5.43 Å². The Kier molecular flexibility index (Phi) is 4.32. The Morgan fingerprint density at radius 1 is 1.43 bits per heavy atom. The van der Waals surface area contributed by atoms with Gasteiger partial charge in [-0.25, -0.2) is 13.8 Å². The number of carbonyl (C=O) groups excluding carboxylic acids is 1. The maximum Gasteiger partial charge on any atom is 0.278 e. The molecule has 0 aromatic heterocycles. The number of benzene rings is 1. The Morgan fingerprint density at radius 3 is 2.76 bits per heavy atom. The van der Waals surface area contributed by atoms with Gasteiger partial charge in [-0.3, -0.25) is 14.9 Å². The number of amides is 1. The molecular weight excluding hydrogens is 298 g/mol. The van der Waals surface area contributed by atoms with Crippen molar-refractivity contribution in [1.29, 1.82) is 0 Å². The predicted molar refractivity (Wildman–Crippen MR) is 75.6 cm³/mol. The molecule has 21 heavy (non-hydrogen) atoms. The van der Waals surface area contributed by atoms with Crippen molar-refractivity contribution in [2.75, 3.05) is 11.5 Å². The van der Waals surface area contributed by atoms with E-state index in [1.807, 2.05) is 0 Å². The normalized spacial score (nSPS) is 20.5. The second kappa shape index (κ2) is 6.00. The van der Waals surface area contributed by atoms with Crippen LogP contribution in [0.25, 0.3) is 0 Å². The number of para-hydroxylation sites is 1. The number of hydrogen-bond donors (Lipinski definition) is 1. The minimum atomic E-state index is -3.14. The van der Waals surface area contributed by atoms with E-state index < -0.39 is 26.6 Å². The molecule has 0 unspecified atom stereocenters. The summed E-state index contributed by atoms with van der Waals surface area (Å²) in [5, 5.41) is 14.4. The van der Waals surface area contributed by atoms with Gasteiger partial charge in [-0.2, -0.15) is 5.10 Å². The summed E-state index contributed by atoms with van der Waals surface area (Å²) in [4.78, 5) is 22.0. The fraction of sp³-hybridized carbons (Fsp3) is 0.333. The number of nitrogens with one attached hydrogen (secondary N) is 1. The molecule has 112 valence electrons. The molecule has 1 aromatic carbocycles. The van der Waals surface area contributed by atoms with Crippen LogP contribution in [0, 0.1) is 16.0 Å². The van der Waals surface area contributed by atoms with Crippen LogP contribution >= 0.6 is 0 Å². The smallest absolute Gasteiger partial charge is 0.273 e. The van der Waals surface area contributed by atoms with Gasteiger partial charge in [0.1, 0.15) is 0 Å². The first kappa shape index (κ1) is 15.1. The second-order valence-electron chi connectivity index (χ2n) is 4.65. The molecular formula is C12H13N3O5S. The molecule has 9 heteroatoms. The molecule has 1 aliphatic rings. The van der Waals surface area contributed by atoms with Crippen molar-refractivity contribution in [3.63, 3.8) is 0 Å². The van der Waals surface area contributed by atoms with Crippen LogP contribution in [0.3, 0.4) is 0 Å². The predicted octanol–water partition coefficient (Wildman–Crippen LogP) is 0.480. The Morgan fingerprint density at radius 2 is 2.14 bits per heavy atom. The van der Waals surface area contributed by atoms with Gasteiger partial charge < -0.3 is 0 Å². The summed E-state index contributed by atoms with van der Waals surface area (Å²) >= 11 is 0. The topological polar surface area (TPSA) is 119 Å². The van der Waals surface area contributed by atoms with Gasteiger partial charge in [-0.1, -0.05) is 12.1 Å². The Labute approximate surface area is 120 Å². The van der Waals surface area contributed by atoms with Crippen LogP contribution in [0.15, 0.2) is 29.4 Å². The molecule has 1 amide bonds. The lowest BCUT2D eigenvalue weighted by atomic mass is 10.1. The molecule has 0 bridgehead atoms. The molecule has 8 nitrogen and oxygen atoms in total. The van der Waals surface area contributed by atoms with E-state index in [4.69, 9.17) is 0 Å². The van der Waals surface area contributed by atoms with Crippen molar-refractivity contribution >= 4 is 27.6 Å². The van der Waals surface area contributed by atoms with Crippen molar-refractivity contribution in [2.45, 2.75) is 6.42 Å². The maximum atomic E-state index is 11.7. The molecule has 1 saturated heterocycles. The Hall–Kier alpha value is -2.29. The number of rotatable bonds is 4. The Balaban J connectivity index is 2.00. The summed E-state index contributed by atoms with van der Waals surface area (Å²) in [7, 11) is -3.14. The van der Waals surface area contributed by atoms with Crippen LogP contribution in [0.4, 0.5) is 5.69 Å². The number of nitrogens with zero attached hydrogens (tertiary/aromatic N) is 2. The zero-order valence-electron chi connectivity index (χ0n) is 10.9. The van der Waals surface area contributed by atoms with E-state index in [-0.39, 0.29) is 29.2 Å². The van der Waals surface area contributed by atoms with E-state index >= 15 is 0 Å². The van der Waals surface area contributed by atoms with Crippen molar-refractivity contribution in [3.05, 3.63) is 39.9 Å². The third kappa shape index (κ3) is 3.85. The number of nitro benzene ring substituents is 1. The summed E-state index contributed by atoms with van der Waals surface area (Å²) in [6.45, 7) is 0. The van der Waals surface area contributed by atoms with E-state index in [2.05, 4.69) is 10.5 Å². The third-order valence-electron chi connectivity index (χ3n) is 3.12. The Bertz CT molecular complexity index is 699. The highest BCUT2D eigenvalue weighted by molar-refractivity contribution is 7.91. The average Bonchev–Trinajstić information content (AvgIpc) is 2.79.